The van der Waals surface area contributed by atoms with E-state index in [9.17, 15) is 19.5 Å². The molecule has 234 valence electrons. The van der Waals surface area contributed by atoms with E-state index >= 15 is 0 Å². The van der Waals surface area contributed by atoms with E-state index in [0.29, 0.717) is 30.0 Å². The highest BCUT2D eigenvalue weighted by Crippen LogP contribution is 2.40. The first-order chi connectivity index (χ1) is 21.8. The first-order valence-corrected chi connectivity index (χ1v) is 14.6. The molecule has 0 bridgehead atoms. The number of allylic oxidation sites excluding steroid dienone is 1. The second-order valence-corrected chi connectivity index (χ2v) is 10.6. The maximum Gasteiger partial charge on any atom is 0.337 e. The zero-order chi connectivity index (χ0) is 31.9. The van der Waals surface area contributed by atoms with E-state index < -0.39 is 42.6 Å². The van der Waals surface area contributed by atoms with Crippen molar-refractivity contribution in [3.8, 4) is 0 Å². The molecule has 2 aliphatic rings. The van der Waals surface area contributed by atoms with Gasteiger partial charge in [0.2, 0.25) is 0 Å². The Hall–Kier alpha value is -4.91. The number of para-hydroxylation sites is 1. The molecular weight excluding hydrogens is 578 g/mol. The van der Waals surface area contributed by atoms with Gasteiger partial charge in [-0.3, -0.25) is 10.1 Å². The molecular formula is C33H35N5O7. The van der Waals surface area contributed by atoms with E-state index in [-0.39, 0.29) is 23.2 Å². The zero-order valence-corrected chi connectivity index (χ0v) is 24.9. The van der Waals surface area contributed by atoms with Crippen LogP contribution in [0.15, 0.2) is 79.7 Å². The number of hydrogen-bond acceptors (Lipinski definition) is 8. The van der Waals surface area contributed by atoms with E-state index in [0.717, 1.165) is 5.56 Å². The zero-order valence-electron chi connectivity index (χ0n) is 24.9. The molecule has 2 aromatic carbocycles. The third-order valence-corrected chi connectivity index (χ3v) is 7.63. The summed E-state index contributed by atoms with van der Waals surface area (Å²) in [6, 6.07) is 15.4. The number of amides is 3. The van der Waals surface area contributed by atoms with Gasteiger partial charge in [-0.05, 0) is 44.0 Å². The molecule has 4 N–H and O–H groups in total. The molecule has 6 atom stereocenters. The molecule has 5 unspecified atom stereocenters. The summed E-state index contributed by atoms with van der Waals surface area (Å²) in [5.41, 5.74) is 2.35. The predicted molar refractivity (Wildman–Crippen MR) is 167 cm³/mol. The van der Waals surface area contributed by atoms with Gasteiger partial charge in [0.1, 0.15) is 24.4 Å². The molecule has 45 heavy (non-hydrogen) atoms. The van der Waals surface area contributed by atoms with Crippen molar-refractivity contribution in [2.24, 2.45) is 0 Å². The Bertz CT molecular complexity index is 1580. The van der Waals surface area contributed by atoms with Crippen molar-refractivity contribution in [2.45, 2.75) is 56.9 Å². The number of nitrogens with zero attached hydrogens (tertiary/aromatic N) is 2. The Labute approximate surface area is 260 Å². The highest BCUT2D eigenvalue weighted by atomic mass is 16.8. The molecule has 3 aromatic rings. The van der Waals surface area contributed by atoms with E-state index in [2.05, 4.69) is 32.5 Å². The van der Waals surface area contributed by atoms with Crippen molar-refractivity contribution in [1.82, 2.24) is 15.3 Å². The van der Waals surface area contributed by atoms with Crippen molar-refractivity contribution in [1.29, 1.82) is 0 Å². The Morgan fingerprint density at radius 1 is 1.00 bits per heavy atom. The lowest BCUT2D eigenvalue weighted by Crippen LogP contribution is -2.38. The maximum absolute atomic E-state index is 13.6. The molecule has 12 heteroatoms. The molecule has 0 radical (unpaired) electrons. The van der Waals surface area contributed by atoms with Crippen LogP contribution < -0.4 is 16.0 Å². The van der Waals surface area contributed by atoms with Crippen LogP contribution in [0.5, 0.6) is 0 Å². The lowest BCUT2D eigenvalue weighted by atomic mass is 9.92. The number of hydrogen-bond donors (Lipinski definition) is 4. The van der Waals surface area contributed by atoms with Crippen molar-refractivity contribution >= 4 is 35.5 Å². The second-order valence-electron chi connectivity index (χ2n) is 10.6. The molecule has 12 nitrogen and oxygen atoms in total. The number of rotatable bonds is 11. The fourth-order valence-corrected chi connectivity index (χ4v) is 5.46. The van der Waals surface area contributed by atoms with Crippen LogP contribution in [0, 0.1) is 6.92 Å². The molecule has 3 heterocycles. The lowest BCUT2D eigenvalue weighted by molar-refractivity contribution is -0.141. The normalized spacial score (nSPS) is 22.8. The van der Waals surface area contributed by atoms with Gasteiger partial charge in [0, 0.05) is 18.0 Å². The Kier molecular flexibility index (Phi) is 9.98. The molecule has 2 fully saturated rings. The fourth-order valence-electron chi connectivity index (χ4n) is 5.46. The average Bonchev–Trinajstić information content (AvgIpc) is 3.60. The number of carbonyl (C=O) groups excluding carboxylic acids is 2. The van der Waals surface area contributed by atoms with Crippen LogP contribution in [0.4, 0.5) is 16.3 Å². The van der Waals surface area contributed by atoms with Crippen molar-refractivity contribution in [2.75, 3.05) is 17.2 Å². The predicted octanol–water partition coefficient (Wildman–Crippen LogP) is 4.51. The van der Waals surface area contributed by atoms with Gasteiger partial charge in [0.05, 0.1) is 23.0 Å². The molecule has 5 rings (SSSR count). The number of nitrogens with one attached hydrogen (secondary N) is 3. The number of ether oxygens (including phenoxy) is 3. The molecule has 2 aliphatic heterocycles. The lowest BCUT2D eigenvalue weighted by Gasteiger charge is -2.23. The molecule has 0 aliphatic carbocycles. The summed E-state index contributed by atoms with van der Waals surface area (Å²) >= 11 is 0. The summed E-state index contributed by atoms with van der Waals surface area (Å²) in [5, 5.41) is 17.7. The second kappa shape index (κ2) is 14.2. The van der Waals surface area contributed by atoms with E-state index in [1.165, 1.54) is 18.5 Å². The quantitative estimate of drug-likeness (QED) is 0.228. The number of benzene rings is 2. The molecule has 0 spiro atoms. The molecule has 3 amide bonds. The number of fused-ring (bicyclic) bond motifs is 1. The molecule has 0 saturated carbocycles. The van der Waals surface area contributed by atoms with Gasteiger partial charge in [-0.15, -0.1) is 6.58 Å². The van der Waals surface area contributed by atoms with Crippen LogP contribution in [0.25, 0.3) is 6.08 Å². The topological polar surface area (TPSA) is 161 Å². The van der Waals surface area contributed by atoms with Crippen LogP contribution in [-0.2, 0) is 19.0 Å². The van der Waals surface area contributed by atoms with Crippen LogP contribution in [-0.4, -0.2) is 70.2 Å². The summed E-state index contributed by atoms with van der Waals surface area (Å²) in [7, 11) is 0. The van der Waals surface area contributed by atoms with Crippen LogP contribution >= 0.6 is 0 Å². The van der Waals surface area contributed by atoms with E-state index in [4.69, 9.17) is 14.2 Å². The number of carboxylic acids is 1. The monoisotopic (exact) mass is 613 g/mol. The van der Waals surface area contributed by atoms with Crippen LogP contribution in [0.1, 0.15) is 46.4 Å². The van der Waals surface area contributed by atoms with Crippen molar-refractivity contribution < 1.29 is 33.7 Å². The Morgan fingerprint density at radius 2 is 1.73 bits per heavy atom. The fraction of sp³-hybridized carbons (Fsp3) is 0.303. The number of aromatic nitrogens is 2. The van der Waals surface area contributed by atoms with E-state index in [1.807, 2.05) is 43.3 Å². The highest BCUT2D eigenvalue weighted by molar-refractivity contribution is 6.02. The SMILES string of the molecule is C=CC(CC1OC(C(=O)Nc2ccccc2C(=O)O)C2O[C@H](/C=C/c3ccccc3)OC12)c1ncnc(NC(=O)NCC)c1C. The van der Waals surface area contributed by atoms with Gasteiger partial charge in [-0.1, -0.05) is 54.6 Å². The maximum atomic E-state index is 13.6. The first kappa shape index (κ1) is 31.5. The summed E-state index contributed by atoms with van der Waals surface area (Å²) in [4.78, 5) is 46.2. The van der Waals surface area contributed by atoms with Gasteiger partial charge in [0.15, 0.2) is 12.4 Å². The summed E-state index contributed by atoms with van der Waals surface area (Å²) in [6.45, 7) is 8.09. The number of aromatic carboxylic acids is 1. The highest BCUT2D eigenvalue weighted by Gasteiger charge is 2.55. The average molecular weight is 614 g/mol. The number of carbonyl (C=O) groups is 3. The number of anilines is 2. The first-order valence-electron chi connectivity index (χ1n) is 14.6. The molecule has 2 saturated heterocycles. The van der Waals surface area contributed by atoms with Crippen LogP contribution in [0.3, 0.4) is 0 Å². The minimum atomic E-state index is -1.17. The van der Waals surface area contributed by atoms with Gasteiger partial charge < -0.3 is 30.0 Å². The summed E-state index contributed by atoms with van der Waals surface area (Å²) in [5.74, 6) is -1.72. The van der Waals surface area contributed by atoms with Crippen molar-refractivity contribution in [3.63, 3.8) is 0 Å². The summed E-state index contributed by atoms with van der Waals surface area (Å²) < 4.78 is 18.8. The minimum absolute atomic E-state index is 0.0489. The largest absolute Gasteiger partial charge is 0.478 e. The van der Waals surface area contributed by atoms with E-state index in [1.54, 1.807) is 31.2 Å². The minimum Gasteiger partial charge on any atom is -0.478 e. The van der Waals surface area contributed by atoms with Crippen LogP contribution in [0.2, 0.25) is 0 Å². The number of urea groups is 1. The van der Waals surface area contributed by atoms with Crippen molar-refractivity contribution in [3.05, 3.63) is 102 Å². The summed E-state index contributed by atoms with van der Waals surface area (Å²) in [6.07, 6.45) is 3.22. The number of carboxylic acid groups (broad SMARTS) is 1. The smallest absolute Gasteiger partial charge is 0.337 e. The third kappa shape index (κ3) is 7.26. The van der Waals surface area contributed by atoms with Gasteiger partial charge >= 0.3 is 12.0 Å². The molecule has 1 aromatic heterocycles. The standard InChI is InChI=1S/C33H35N5O7/c1-4-21(26-19(3)30(36-18-35-26)38-33(42)34-5-2)17-24-27-28(45-25(44-27)16-15-20-11-7-6-8-12-20)29(43-24)31(39)37-23-14-10-9-13-22(23)32(40)41/h4,6-16,18,21,24-25,27-29H,1,5,17H2,2-3H3,(H,37,39)(H,40,41)(H2,34,35,36,38,42)/b16-15+/t21?,24?,25-,27?,28?,29?/m1/s1. The van der Waals surface area contributed by atoms with Gasteiger partial charge in [0.25, 0.3) is 5.91 Å². The van der Waals surface area contributed by atoms with Gasteiger partial charge in [-0.25, -0.2) is 19.6 Å². The Morgan fingerprint density at radius 3 is 2.47 bits per heavy atom. The Balaban J connectivity index is 1.39. The third-order valence-electron chi connectivity index (χ3n) is 7.63. The van der Waals surface area contributed by atoms with Gasteiger partial charge in [-0.2, -0.15) is 0 Å².